The van der Waals surface area contributed by atoms with Crippen LogP contribution in [0.2, 0.25) is 0 Å². The van der Waals surface area contributed by atoms with Gasteiger partial charge in [0.05, 0.1) is 21.7 Å². The van der Waals surface area contributed by atoms with Gasteiger partial charge in [0.1, 0.15) is 0 Å². The zero-order valence-corrected chi connectivity index (χ0v) is 12.4. The Morgan fingerprint density at radius 2 is 2.17 bits per heavy atom. The van der Waals surface area contributed by atoms with Crippen molar-refractivity contribution in [2.75, 3.05) is 0 Å². The lowest BCUT2D eigenvalue weighted by molar-refractivity contribution is 0.598. The molecule has 0 radical (unpaired) electrons. The molecule has 18 heavy (non-hydrogen) atoms. The van der Waals surface area contributed by atoms with Crippen LogP contribution in [0.15, 0.2) is 23.1 Å². The standard InChI is InChI=1S/C10H9N3O2S2.BrH/c1-2-5-13-8-4-3-7(17(12,14)15)6-9(8)16-10(13)11;/h1,3-4,6,11H,5H2,(H2,12,14,15);1H. The monoisotopic (exact) mass is 347 g/mol. The van der Waals surface area contributed by atoms with E-state index >= 15 is 0 Å². The summed E-state index contributed by atoms with van der Waals surface area (Å²) >= 11 is 1.16. The molecule has 1 heterocycles. The smallest absolute Gasteiger partial charge is 0.238 e. The van der Waals surface area contributed by atoms with Crippen molar-refractivity contribution in [3.63, 3.8) is 0 Å². The highest BCUT2D eigenvalue weighted by Gasteiger charge is 2.11. The van der Waals surface area contributed by atoms with Crippen LogP contribution in [0, 0.1) is 17.8 Å². The van der Waals surface area contributed by atoms with Crippen LogP contribution in [0.5, 0.6) is 0 Å². The third kappa shape index (κ3) is 2.64. The minimum absolute atomic E-state index is 0. The number of sulfonamides is 1. The molecule has 0 saturated carbocycles. The molecule has 1 aromatic carbocycles. The molecule has 0 unspecified atom stereocenters. The molecular formula is C10H10BrN3O2S2. The maximum atomic E-state index is 11.2. The molecule has 2 aromatic rings. The summed E-state index contributed by atoms with van der Waals surface area (Å²) in [6.45, 7) is 0.285. The lowest BCUT2D eigenvalue weighted by atomic mass is 10.3. The Balaban J connectivity index is 0.00000162. The molecule has 0 amide bonds. The van der Waals surface area contributed by atoms with Crippen molar-refractivity contribution >= 4 is 48.6 Å². The summed E-state index contributed by atoms with van der Waals surface area (Å²) in [5.74, 6) is 2.45. The molecule has 3 N–H and O–H groups in total. The molecule has 0 aliphatic heterocycles. The van der Waals surface area contributed by atoms with Gasteiger partial charge in [-0.15, -0.1) is 23.4 Å². The Labute approximate surface area is 119 Å². The highest BCUT2D eigenvalue weighted by atomic mass is 79.9. The Morgan fingerprint density at radius 1 is 1.50 bits per heavy atom. The minimum Gasteiger partial charge on any atom is -0.305 e. The van der Waals surface area contributed by atoms with Crippen molar-refractivity contribution in [3.05, 3.63) is 23.0 Å². The van der Waals surface area contributed by atoms with Gasteiger partial charge in [-0.25, -0.2) is 13.6 Å². The fraction of sp³-hybridized carbons (Fsp3) is 0.100. The van der Waals surface area contributed by atoms with Gasteiger partial charge in [-0.05, 0) is 18.2 Å². The molecule has 0 fully saturated rings. The van der Waals surface area contributed by atoms with Crippen molar-refractivity contribution in [2.45, 2.75) is 11.4 Å². The Kier molecular flexibility index (Phi) is 4.34. The molecule has 96 valence electrons. The molecule has 1 aromatic heterocycles. The van der Waals surface area contributed by atoms with Crippen LogP contribution >= 0.6 is 28.3 Å². The summed E-state index contributed by atoms with van der Waals surface area (Å²) in [5, 5.41) is 12.8. The number of fused-ring (bicyclic) bond motifs is 1. The topological polar surface area (TPSA) is 88.9 Å². The van der Waals surface area contributed by atoms with Crippen molar-refractivity contribution < 1.29 is 8.42 Å². The van der Waals surface area contributed by atoms with Gasteiger partial charge in [0.2, 0.25) is 10.0 Å². The summed E-state index contributed by atoms with van der Waals surface area (Å²) < 4.78 is 24.7. The van der Waals surface area contributed by atoms with E-state index in [2.05, 4.69) is 5.92 Å². The van der Waals surface area contributed by atoms with E-state index in [0.717, 1.165) is 16.9 Å². The zero-order chi connectivity index (χ0) is 12.6. The molecule has 0 bridgehead atoms. The molecule has 5 nitrogen and oxygen atoms in total. The van der Waals surface area contributed by atoms with Crippen LogP contribution in [0.4, 0.5) is 0 Å². The highest BCUT2D eigenvalue weighted by molar-refractivity contribution is 8.93. The Morgan fingerprint density at radius 3 is 2.72 bits per heavy atom. The molecular weight excluding hydrogens is 338 g/mol. The average Bonchev–Trinajstić information content (AvgIpc) is 2.54. The second-order valence-corrected chi connectivity index (χ2v) is 5.96. The minimum atomic E-state index is -3.71. The average molecular weight is 348 g/mol. The van der Waals surface area contributed by atoms with E-state index in [1.807, 2.05) is 0 Å². The van der Waals surface area contributed by atoms with E-state index < -0.39 is 10.0 Å². The SMILES string of the molecule is Br.C#CCn1c(=N)sc2cc(S(N)(=O)=O)ccc21. The normalized spacial score (nSPS) is 10.9. The fourth-order valence-corrected chi connectivity index (χ4v) is 3.06. The highest BCUT2D eigenvalue weighted by Crippen LogP contribution is 2.20. The maximum Gasteiger partial charge on any atom is 0.238 e. The van der Waals surface area contributed by atoms with Crippen LogP contribution in [-0.4, -0.2) is 13.0 Å². The number of nitrogens with one attached hydrogen (secondary N) is 1. The third-order valence-corrected chi connectivity index (χ3v) is 4.12. The quantitative estimate of drug-likeness (QED) is 0.795. The Hall–Kier alpha value is -1.14. The third-order valence-electron chi connectivity index (χ3n) is 2.25. The molecule has 0 spiro atoms. The van der Waals surface area contributed by atoms with Crippen LogP contribution < -0.4 is 9.94 Å². The molecule has 0 aliphatic carbocycles. The number of hydrogen-bond donors (Lipinski definition) is 2. The molecule has 2 rings (SSSR count). The molecule has 0 saturated heterocycles. The molecule has 0 aliphatic rings. The van der Waals surface area contributed by atoms with E-state index in [9.17, 15) is 8.42 Å². The summed E-state index contributed by atoms with van der Waals surface area (Å²) in [7, 11) is -3.71. The maximum absolute atomic E-state index is 11.2. The predicted molar refractivity (Wildman–Crippen MR) is 76.2 cm³/mol. The van der Waals surface area contributed by atoms with E-state index in [1.165, 1.54) is 12.1 Å². The summed E-state index contributed by atoms with van der Waals surface area (Å²) in [4.78, 5) is 0.323. The van der Waals surface area contributed by atoms with Gasteiger partial charge < -0.3 is 4.57 Å². The van der Waals surface area contributed by atoms with Crippen LogP contribution in [0.1, 0.15) is 0 Å². The lowest BCUT2D eigenvalue weighted by Crippen LogP contribution is -2.12. The van der Waals surface area contributed by atoms with E-state index in [0.29, 0.717) is 4.70 Å². The Bertz CT molecular complexity index is 784. The van der Waals surface area contributed by atoms with E-state index in [4.69, 9.17) is 17.0 Å². The van der Waals surface area contributed by atoms with Crippen LogP contribution in [0.3, 0.4) is 0 Å². The summed E-state index contributed by atoms with van der Waals surface area (Å²) in [6, 6.07) is 4.48. The second-order valence-electron chi connectivity index (χ2n) is 3.37. The fourth-order valence-electron chi connectivity index (χ4n) is 1.49. The first-order valence-electron chi connectivity index (χ1n) is 4.58. The largest absolute Gasteiger partial charge is 0.305 e. The first-order chi connectivity index (χ1) is 7.93. The van der Waals surface area contributed by atoms with Gasteiger partial charge >= 0.3 is 0 Å². The molecule has 8 heteroatoms. The first kappa shape index (κ1) is 14.9. The number of nitrogens with two attached hydrogens (primary N) is 1. The number of aromatic nitrogens is 1. The van der Waals surface area contributed by atoms with Gasteiger partial charge in [-0.1, -0.05) is 17.3 Å². The van der Waals surface area contributed by atoms with Gasteiger partial charge in [0.25, 0.3) is 0 Å². The van der Waals surface area contributed by atoms with E-state index in [-0.39, 0.29) is 33.2 Å². The lowest BCUT2D eigenvalue weighted by Gasteiger charge is -2.00. The van der Waals surface area contributed by atoms with Gasteiger partial charge in [0, 0.05) is 0 Å². The number of primary sulfonamides is 1. The number of rotatable bonds is 2. The number of thiazole rings is 1. The first-order valence-corrected chi connectivity index (χ1v) is 6.94. The van der Waals surface area contributed by atoms with Gasteiger partial charge in [-0.3, -0.25) is 5.41 Å². The van der Waals surface area contributed by atoms with Gasteiger partial charge in [-0.2, -0.15) is 0 Å². The van der Waals surface area contributed by atoms with Crippen LogP contribution in [-0.2, 0) is 16.6 Å². The van der Waals surface area contributed by atoms with Gasteiger partial charge in [0.15, 0.2) is 4.80 Å². The van der Waals surface area contributed by atoms with Crippen LogP contribution in [0.25, 0.3) is 10.2 Å². The van der Waals surface area contributed by atoms with E-state index in [1.54, 1.807) is 10.6 Å². The summed E-state index contributed by atoms with van der Waals surface area (Å²) in [5.41, 5.74) is 0.741. The van der Waals surface area contributed by atoms with Crippen molar-refractivity contribution in [1.29, 1.82) is 5.41 Å². The molecule has 0 atom stereocenters. The van der Waals surface area contributed by atoms with Crippen molar-refractivity contribution in [1.82, 2.24) is 4.57 Å². The summed E-state index contributed by atoms with van der Waals surface area (Å²) in [6.07, 6.45) is 5.21. The second kappa shape index (κ2) is 5.24. The predicted octanol–water partition coefficient (Wildman–Crippen LogP) is 1.04. The zero-order valence-electron chi connectivity index (χ0n) is 9.08. The number of halogens is 1. The number of terminal acetylenes is 1. The number of nitrogens with zero attached hydrogens (tertiary/aromatic N) is 1. The number of hydrogen-bond acceptors (Lipinski definition) is 4. The van der Waals surface area contributed by atoms with Crippen molar-refractivity contribution in [2.24, 2.45) is 5.14 Å². The van der Waals surface area contributed by atoms with Crippen molar-refractivity contribution in [3.8, 4) is 12.3 Å². The number of benzene rings is 1.